The number of halogens is 2. The fourth-order valence-corrected chi connectivity index (χ4v) is 1.47. The van der Waals surface area contributed by atoms with E-state index in [0.717, 1.165) is 0 Å². The van der Waals surface area contributed by atoms with Gasteiger partial charge in [0.05, 0.1) is 5.02 Å². The van der Waals surface area contributed by atoms with Crippen LogP contribution in [0, 0.1) is 22.7 Å². The largest absolute Gasteiger partial charge is 0.470 e. The minimum Gasteiger partial charge on any atom is -0.470 e. The summed E-state index contributed by atoms with van der Waals surface area (Å²) in [7, 11) is 0. The molecule has 1 aromatic rings. The van der Waals surface area contributed by atoms with Crippen molar-refractivity contribution in [3.05, 3.63) is 39.9 Å². The Morgan fingerprint density at radius 1 is 1.35 bits per heavy atom. The lowest BCUT2D eigenvalue weighted by Gasteiger charge is -2.12. The van der Waals surface area contributed by atoms with Crippen LogP contribution in [-0.2, 0) is 0 Å². The van der Waals surface area contributed by atoms with Crippen LogP contribution in [0.15, 0.2) is 29.8 Å². The van der Waals surface area contributed by atoms with Gasteiger partial charge < -0.3 is 4.74 Å². The molecule has 0 aliphatic rings. The first kappa shape index (κ1) is 13.3. The highest BCUT2D eigenvalue weighted by atomic mass is 35.5. The van der Waals surface area contributed by atoms with Crippen LogP contribution < -0.4 is 10.5 Å². The average Bonchev–Trinajstić information content (AvgIpc) is 2.29. The van der Waals surface area contributed by atoms with Crippen LogP contribution >= 0.6 is 23.2 Å². The van der Waals surface area contributed by atoms with Gasteiger partial charge in [-0.3, -0.25) is 5.73 Å². The summed E-state index contributed by atoms with van der Waals surface area (Å²) in [5.74, 6) is 0.329. The number of allylic oxidation sites excluding steroid dienone is 1. The molecule has 0 saturated carbocycles. The maximum Gasteiger partial charge on any atom is 0.169 e. The van der Waals surface area contributed by atoms with Crippen LogP contribution in [0.3, 0.4) is 0 Å². The van der Waals surface area contributed by atoms with Gasteiger partial charge in [-0.25, -0.2) is 0 Å². The summed E-state index contributed by atoms with van der Waals surface area (Å²) in [5.41, 5.74) is 5.45. The van der Waals surface area contributed by atoms with Crippen molar-refractivity contribution < 1.29 is 4.74 Å². The van der Waals surface area contributed by atoms with Gasteiger partial charge in [-0.05, 0) is 24.3 Å². The molecule has 0 spiro atoms. The van der Waals surface area contributed by atoms with Crippen molar-refractivity contribution in [2.45, 2.75) is 6.23 Å². The lowest BCUT2D eigenvalue weighted by molar-refractivity contribution is 0.257. The van der Waals surface area contributed by atoms with Gasteiger partial charge in [-0.2, -0.15) is 10.5 Å². The summed E-state index contributed by atoms with van der Waals surface area (Å²) in [6, 6.07) is 8.00. The Kier molecular flexibility index (Phi) is 4.81. The number of hydrogen-bond donors (Lipinski definition) is 1. The maximum absolute atomic E-state index is 8.54. The Labute approximate surface area is 108 Å². The molecule has 1 unspecified atom stereocenters. The number of hydrogen-bond acceptors (Lipinski definition) is 4. The van der Waals surface area contributed by atoms with Gasteiger partial charge in [0, 0.05) is 5.02 Å². The van der Waals surface area contributed by atoms with E-state index < -0.39 is 6.23 Å². The van der Waals surface area contributed by atoms with E-state index in [1.807, 2.05) is 0 Å². The number of nitrogens with zero attached hydrogens (tertiary/aromatic N) is 2. The molecule has 1 aromatic carbocycles. The second-order valence-corrected chi connectivity index (χ2v) is 3.80. The van der Waals surface area contributed by atoms with Crippen molar-refractivity contribution in [1.29, 1.82) is 10.5 Å². The van der Waals surface area contributed by atoms with E-state index in [1.165, 1.54) is 12.1 Å². The molecule has 0 saturated heterocycles. The third kappa shape index (κ3) is 3.97. The van der Waals surface area contributed by atoms with Crippen LogP contribution in [0.5, 0.6) is 5.75 Å². The molecule has 2 N–H and O–H groups in total. The zero-order valence-electron chi connectivity index (χ0n) is 8.52. The maximum atomic E-state index is 8.54. The van der Waals surface area contributed by atoms with Crippen molar-refractivity contribution in [2.75, 3.05) is 0 Å². The Balaban J connectivity index is 2.83. The Morgan fingerprint density at radius 2 is 2.00 bits per heavy atom. The SMILES string of the molecule is N#CC(C#N)=CC(N)Oc1ccc(Cl)cc1Cl. The van der Waals surface area contributed by atoms with Crippen LogP contribution in [0.25, 0.3) is 0 Å². The fourth-order valence-electron chi connectivity index (χ4n) is 1.02. The molecule has 86 valence electrons. The minimum atomic E-state index is -0.928. The number of nitrogens with two attached hydrogens (primary N) is 1. The minimum absolute atomic E-state index is 0.123. The second-order valence-electron chi connectivity index (χ2n) is 2.96. The predicted octanol–water partition coefficient (Wildman–Crippen LogP) is 2.63. The average molecular weight is 268 g/mol. The van der Waals surface area contributed by atoms with Crippen molar-refractivity contribution in [3.63, 3.8) is 0 Å². The molecule has 0 aromatic heterocycles. The highest BCUT2D eigenvalue weighted by Gasteiger charge is 2.07. The molecule has 4 nitrogen and oxygen atoms in total. The zero-order valence-corrected chi connectivity index (χ0v) is 10.0. The third-order valence-electron chi connectivity index (χ3n) is 1.73. The van der Waals surface area contributed by atoms with Crippen LogP contribution in [0.4, 0.5) is 0 Å². The van der Waals surface area contributed by atoms with Gasteiger partial charge in [0.2, 0.25) is 0 Å². The smallest absolute Gasteiger partial charge is 0.169 e. The van der Waals surface area contributed by atoms with Crippen molar-refractivity contribution in [2.24, 2.45) is 5.73 Å². The fraction of sp³-hybridized carbons (Fsp3) is 0.0909. The molecule has 0 bridgehead atoms. The molecule has 0 heterocycles. The quantitative estimate of drug-likeness (QED) is 0.674. The van der Waals surface area contributed by atoms with Gasteiger partial charge in [0.15, 0.2) is 6.23 Å². The van der Waals surface area contributed by atoms with Gasteiger partial charge in [0.25, 0.3) is 0 Å². The Bertz CT molecular complexity index is 512. The Hall–Kier alpha value is -1.72. The van der Waals surface area contributed by atoms with Gasteiger partial charge in [-0.1, -0.05) is 23.2 Å². The molecule has 6 heteroatoms. The number of nitriles is 2. The molecular weight excluding hydrogens is 261 g/mol. The van der Waals surface area contributed by atoms with Crippen LogP contribution in [0.2, 0.25) is 10.0 Å². The van der Waals surface area contributed by atoms with E-state index in [-0.39, 0.29) is 5.57 Å². The summed E-state index contributed by atoms with van der Waals surface area (Å²) >= 11 is 11.6. The van der Waals surface area contributed by atoms with Crippen LogP contribution in [-0.4, -0.2) is 6.23 Å². The first-order valence-electron chi connectivity index (χ1n) is 4.46. The summed E-state index contributed by atoms with van der Waals surface area (Å²) in [5, 5.41) is 17.8. The van der Waals surface area contributed by atoms with E-state index in [2.05, 4.69) is 0 Å². The predicted molar refractivity (Wildman–Crippen MR) is 64.4 cm³/mol. The van der Waals surface area contributed by atoms with Crippen molar-refractivity contribution >= 4 is 23.2 Å². The highest BCUT2D eigenvalue weighted by molar-refractivity contribution is 6.35. The van der Waals surface area contributed by atoms with Crippen molar-refractivity contribution in [1.82, 2.24) is 0 Å². The second kappa shape index (κ2) is 6.12. The summed E-state index contributed by atoms with van der Waals surface area (Å²) in [4.78, 5) is 0. The molecule has 0 fully saturated rings. The van der Waals surface area contributed by atoms with E-state index in [1.54, 1.807) is 24.3 Å². The van der Waals surface area contributed by atoms with E-state index in [0.29, 0.717) is 15.8 Å². The molecule has 17 heavy (non-hydrogen) atoms. The van der Waals surface area contributed by atoms with Gasteiger partial charge >= 0.3 is 0 Å². The molecular formula is C11H7Cl2N3O. The topological polar surface area (TPSA) is 82.8 Å². The monoisotopic (exact) mass is 267 g/mol. The summed E-state index contributed by atoms with van der Waals surface area (Å²) < 4.78 is 5.24. The molecule has 1 atom stereocenters. The molecule has 1 rings (SSSR count). The standard InChI is InChI=1S/C11H7Cl2N3O/c12-8-1-2-10(9(13)4-8)17-11(16)3-7(5-14)6-15/h1-4,11H,16H2. The first-order chi connectivity index (χ1) is 8.06. The van der Waals surface area contributed by atoms with Gasteiger partial charge in [0.1, 0.15) is 23.5 Å². The number of benzene rings is 1. The zero-order chi connectivity index (χ0) is 12.8. The van der Waals surface area contributed by atoms with Gasteiger partial charge in [-0.15, -0.1) is 0 Å². The molecule has 0 aliphatic heterocycles. The first-order valence-corrected chi connectivity index (χ1v) is 5.21. The summed E-state index contributed by atoms with van der Waals surface area (Å²) in [6.45, 7) is 0. The van der Waals surface area contributed by atoms with Crippen molar-refractivity contribution in [3.8, 4) is 17.9 Å². The third-order valence-corrected chi connectivity index (χ3v) is 2.26. The van der Waals surface area contributed by atoms with E-state index >= 15 is 0 Å². The summed E-state index contributed by atoms with van der Waals surface area (Å²) in [6.07, 6.45) is 0.272. The lowest BCUT2D eigenvalue weighted by atomic mass is 10.3. The normalized spacial score (nSPS) is 10.9. The van der Waals surface area contributed by atoms with E-state index in [4.69, 9.17) is 44.2 Å². The Morgan fingerprint density at radius 3 is 2.53 bits per heavy atom. The number of ether oxygens (including phenoxy) is 1. The van der Waals surface area contributed by atoms with E-state index in [9.17, 15) is 0 Å². The molecule has 0 aliphatic carbocycles. The number of rotatable bonds is 3. The molecule has 0 amide bonds. The highest BCUT2D eigenvalue weighted by Crippen LogP contribution is 2.27. The lowest BCUT2D eigenvalue weighted by Crippen LogP contribution is -2.25. The molecule has 0 radical (unpaired) electrons. The van der Waals surface area contributed by atoms with Crippen LogP contribution in [0.1, 0.15) is 0 Å².